The van der Waals surface area contributed by atoms with Crippen molar-refractivity contribution in [3.8, 4) is 0 Å². The number of rotatable bonds is 3. The van der Waals surface area contributed by atoms with Crippen molar-refractivity contribution < 1.29 is 14.3 Å². The molecule has 3 heterocycles. The molecule has 26 heavy (non-hydrogen) atoms. The fourth-order valence-corrected chi connectivity index (χ4v) is 3.44. The summed E-state index contributed by atoms with van der Waals surface area (Å²) in [6.07, 6.45) is 2.96. The van der Waals surface area contributed by atoms with Gasteiger partial charge in [0.15, 0.2) is 5.79 Å². The normalized spacial score (nSPS) is 18.9. The van der Waals surface area contributed by atoms with Gasteiger partial charge in [0.25, 0.3) is 5.91 Å². The predicted octanol–water partition coefficient (Wildman–Crippen LogP) is 2.73. The quantitative estimate of drug-likeness (QED) is 0.890. The number of ether oxygens (including phenoxy) is 2. The molecule has 1 amide bonds. The first-order valence-electron chi connectivity index (χ1n) is 8.56. The summed E-state index contributed by atoms with van der Waals surface area (Å²) < 4.78 is 11.5. The number of aromatic nitrogens is 2. The van der Waals surface area contributed by atoms with Gasteiger partial charge in [-0.25, -0.2) is 9.97 Å². The van der Waals surface area contributed by atoms with Gasteiger partial charge in [0.2, 0.25) is 0 Å². The van der Waals surface area contributed by atoms with Gasteiger partial charge in [-0.05, 0) is 12.1 Å². The van der Waals surface area contributed by atoms with Gasteiger partial charge in [0.05, 0.1) is 23.9 Å². The number of carbonyl (C=O) groups excluding carboxylic acids is 1. The Kier molecular flexibility index (Phi) is 4.76. The molecule has 1 aromatic carbocycles. The number of nitrogens with zero attached hydrogens (tertiary/aromatic N) is 3. The van der Waals surface area contributed by atoms with Gasteiger partial charge in [-0.15, -0.1) is 0 Å². The van der Waals surface area contributed by atoms with Crippen LogP contribution in [-0.4, -0.2) is 48.0 Å². The molecule has 136 valence electrons. The summed E-state index contributed by atoms with van der Waals surface area (Å²) in [6, 6.07) is 8.78. The van der Waals surface area contributed by atoms with Gasteiger partial charge in [-0.1, -0.05) is 23.7 Å². The largest absolute Gasteiger partial charge is 0.356 e. The minimum Gasteiger partial charge on any atom is -0.356 e. The highest BCUT2D eigenvalue weighted by Crippen LogP contribution is 2.32. The molecule has 0 unspecified atom stereocenters. The topological polar surface area (TPSA) is 76.6 Å². The fourth-order valence-electron chi connectivity index (χ4n) is 3.26. The SMILES string of the molecule is O=C(Nc1ccccc1Cl)c1cc(N2CCC3(CC2)OCCO3)ncn1. The van der Waals surface area contributed by atoms with Crippen molar-refractivity contribution in [1.82, 2.24) is 9.97 Å². The minimum atomic E-state index is -0.437. The first kappa shape index (κ1) is 17.2. The molecule has 1 spiro atoms. The van der Waals surface area contributed by atoms with Crippen molar-refractivity contribution in [2.24, 2.45) is 0 Å². The van der Waals surface area contributed by atoms with Crippen LogP contribution in [0.15, 0.2) is 36.7 Å². The van der Waals surface area contributed by atoms with E-state index in [1.165, 1.54) is 6.33 Å². The van der Waals surface area contributed by atoms with E-state index >= 15 is 0 Å². The Hall–Kier alpha value is -2.22. The lowest BCUT2D eigenvalue weighted by Crippen LogP contribution is -2.45. The number of benzene rings is 1. The summed E-state index contributed by atoms with van der Waals surface area (Å²) in [5, 5.41) is 3.26. The van der Waals surface area contributed by atoms with Crippen LogP contribution in [0.25, 0.3) is 0 Å². The predicted molar refractivity (Wildman–Crippen MR) is 97.5 cm³/mol. The number of halogens is 1. The van der Waals surface area contributed by atoms with E-state index in [4.69, 9.17) is 21.1 Å². The average molecular weight is 375 g/mol. The van der Waals surface area contributed by atoms with Gasteiger partial charge in [-0.2, -0.15) is 0 Å². The number of piperidine rings is 1. The smallest absolute Gasteiger partial charge is 0.274 e. The average Bonchev–Trinajstić information content (AvgIpc) is 3.12. The molecule has 7 nitrogen and oxygen atoms in total. The third-order valence-corrected chi connectivity index (χ3v) is 5.00. The minimum absolute atomic E-state index is 0.295. The number of para-hydroxylation sites is 1. The highest BCUT2D eigenvalue weighted by molar-refractivity contribution is 6.33. The lowest BCUT2D eigenvalue weighted by Gasteiger charge is -2.38. The van der Waals surface area contributed by atoms with E-state index in [0.29, 0.717) is 29.6 Å². The van der Waals surface area contributed by atoms with E-state index in [-0.39, 0.29) is 5.91 Å². The van der Waals surface area contributed by atoms with Crippen LogP contribution in [0.2, 0.25) is 5.02 Å². The molecule has 2 fully saturated rings. The Balaban J connectivity index is 1.45. The van der Waals surface area contributed by atoms with Crippen LogP contribution >= 0.6 is 11.6 Å². The van der Waals surface area contributed by atoms with Gasteiger partial charge in [0.1, 0.15) is 17.8 Å². The molecule has 0 aliphatic carbocycles. The summed E-state index contributed by atoms with van der Waals surface area (Å²) in [5.41, 5.74) is 0.846. The number of amides is 1. The van der Waals surface area contributed by atoms with Crippen molar-refractivity contribution in [2.75, 3.05) is 36.5 Å². The van der Waals surface area contributed by atoms with E-state index in [1.807, 2.05) is 12.1 Å². The van der Waals surface area contributed by atoms with Crippen LogP contribution in [0.1, 0.15) is 23.3 Å². The molecule has 0 radical (unpaired) electrons. The number of anilines is 2. The molecule has 0 saturated carbocycles. The highest BCUT2D eigenvalue weighted by Gasteiger charge is 2.40. The molecule has 8 heteroatoms. The maximum atomic E-state index is 12.5. The van der Waals surface area contributed by atoms with Crippen LogP contribution in [0, 0.1) is 0 Å². The Labute approximate surface area is 156 Å². The summed E-state index contributed by atoms with van der Waals surface area (Å²) in [7, 11) is 0. The summed E-state index contributed by atoms with van der Waals surface area (Å²) >= 11 is 6.09. The molecule has 4 rings (SSSR count). The van der Waals surface area contributed by atoms with Crippen molar-refractivity contribution >= 4 is 29.0 Å². The Morgan fingerprint density at radius 1 is 1.15 bits per heavy atom. The van der Waals surface area contributed by atoms with E-state index in [0.717, 1.165) is 31.7 Å². The second kappa shape index (κ2) is 7.19. The first-order valence-corrected chi connectivity index (χ1v) is 8.94. The zero-order chi connectivity index (χ0) is 18.0. The van der Waals surface area contributed by atoms with Crippen molar-refractivity contribution in [3.05, 3.63) is 47.4 Å². The molecule has 2 aliphatic heterocycles. The number of hydrogen-bond donors (Lipinski definition) is 1. The van der Waals surface area contributed by atoms with Crippen LogP contribution in [-0.2, 0) is 9.47 Å². The number of nitrogens with one attached hydrogen (secondary N) is 1. The van der Waals surface area contributed by atoms with Gasteiger partial charge in [0, 0.05) is 32.0 Å². The van der Waals surface area contributed by atoms with Crippen molar-refractivity contribution in [3.63, 3.8) is 0 Å². The maximum absolute atomic E-state index is 12.5. The Bertz CT molecular complexity index is 801. The van der Waals surface area contributed by atoms with E-state index in [9.17, 15) is 4.79 Å². The molecule has 2 aliphatic rings. The van der Waals surface area contributed by atoms with E-state index in [1.54, 1.807) is 18.2 Å². The van der Waals surface area contributed by atoms with Gasteiger partial charge in [-0.3, -0.25) is 4.79 Å². The second-order valence-corrected chi connectivity index (χ2v) is 6.70. The maximum Gasteiger partial charge on any atom is 0.274 e. The zero-order valence-corrected chi connectivity index (χ0v) is 14.9. The third-order valence-electron chi connectivity index (χ3n) is 4.67. The van der Waals surface area contributed by atoms with Crippen LogP contribution in [0.3, 0.4) is 0 Å². The summed E-state index contributed by atoms with van der Waals surface area (Å²) in [5.74, 6) is -0.0387. The lowest BCUT2D eigenvalue weighted by atomic mass is 10.0. The summed E-state index contributed by atoms with van der Waals surface area (Å²) in [4.78, 5) is 23.0. The van der Waals surface area contributed by atoms with Crippen molar-refractivity contribution in [1.29, 1.82) is 0 Å². The number of hydrogen-bond acceptors (Lipinski definition) is 6. The van der Waals surface area contributed by atoms with Crippen molar-refractivity contribution in [2.45, 2.75) is 18.6 Å². The monoisotopic (exact) mass is 374 g/mol. The molecule has 2 saturated heterocycles. The molecule has 0 bridgehead atoms. The Morgan fingerprint density at radius 3 is 2.62 bits per heavy atom. The standard InChI is InChI=1S/C18H19ClN4O3/c19-13-3-1-2-4-14(13)22-17(24)15-11-16(21-12-20-15)23-7-5-18(6-8-23)25-9-10-26-18/h1-4,11-12H,5-10H2,(H,22,24). The molecular weight excluding hydrogens is 356 g/mol. The van der Waals surface area contributed by atoms with Crippen LogP contribution in [0.4, 0.5) is 11.5 Å². The second-order valence-electron chi connectivity index (χ2n) is 6.29. The molecule has 1 N–H and O–H groups in total. The molecular formula is C18H19ClN4O3. The third kappa shape index (κ3) is 3.51. The molecule has 0 atom stereocenters. The highest BCUT2D eigenvalue weighted by atomic mass is 35.5. The van der Waals surface area contributed by atoms with E-state index < -0.39 is 5.79 Å². The van der Waals surface area contributed by atoms with Crippen LogP contribution in [0.5, 0.6) is 0 Å². The lowest BCUT2D eigenvalue weighted by molar-refractivity contribution is -0.169. The molecule has 2 aromatic rings. The van der Waals surface area contributed by atoms with Crippen LogP contribution < -0.4 is 10.2 Å². The summed E-state index contributed by atoms with van der Waals surface area (Å²) in [6.45, 7) is 2.81. The number of carbonyl (C=O) groups is 1. The first-order chi connectivity index (χ1) is 12.7. The fraction of sp³-hybridized carbons (Fsp3) is 0.389. The molecule has 1 aromatic heterocycles. The van der Waals surface area contributed by atoms with Gasteiger partial charge < -0.3 is 19.7 Å². The van der Waals surface area contributed by atoms with E-state index in [2.05, 4.69) is 20.2 Å². The van der Waals surface area contributed by atoms with Gasteiger partial charge >= 0.3 is 0 Å². The Morgan fingerprint density at radius 2 is 1.88 bits per heavy atom. The zero-order valence-electron chi connectivity index (χ0n) is 14.2.